The molecule has 1 saturated heterocycles. The van der Waals surface area contributed by atoms with E-state index in [0.717, 1.165) is 25.7 Å². The molecule has 118 valence electrons. The zero-order chi connectivity index (χ0) is 14.8. The molecule has 1 N–H and O–H groups in total. The molecular weight excluding hydrogens is 276 g/mol. The first-order valence-corrected chi connectivity index (χ1v) is 9.31. The molecule has 0 amide bonds. The average Bonchev–Trinajstić information content (AvgIpc) is 2.71. The van der Waals surface area contributed by atoms with Gasteiger partial charge >= 0.3 is 0 Å². The van der Waals surface area contributed by atoms with Crippen molar-refractivity contribution in [2.45, 2.75) is 50.7 Å². The number of hydrogen-bond donors (Lipinski definition) is 1. The Labute approximate surface area is 123 Å². The summed E-state index contributed by atoms with van der Waals surface area (Å²) in [6.45, 7) is 0.953. The number of likely N-dealkylation sites (N-methyl/N-ethyl adjacent to an activating group) is 1. The molecule has 0 aromatic carbocycles. The molecule has 2 aliphatic rings. The highest BCUT2D eigenvalue weighted by atomic mass is 32.2. The molecule has 2 rings (SSSR count). The van der Waals surface area contributed by atoms with Gasteiger partial charge in [-0.3, -0.25) is 0 Å². The first-order valence-electron chi connectivity index (χ1n) is 7.71. The zero-order valence-corrected chi connectivity index (χ0v) is 13.5. The van der Waals surface area contributed by atoms with E-state index in [2.05, 4.69) is 0 Å². The van der Waals surface area contributed by atoms with E-state index in [-0.39, 0.29) is 18.3 Å². The predicted octanol–water partition coefficient (Wildman–Crippen LogP) is 0.893. The van der Waals surface area contributed by atoms with Gasteiger partial charge in [-0.25, -0.2) is 8.42 Å². The van der Waals surface area contributed by atoms with E-state index in [4.69, 9.17) is 0 Å². The molecule has 20 heavy (non-hydrogen) atoms. The molecule has 6 heteroatoms. The van der Waals surface area contributed by atoms with Crippen molar-refractivity contribution in [2.24, 2.45) is 5.92 Å². The van der Waals surface area contributed by atoms with Gasteiger partial charge in [0.05, 0.1) is 11.9 Å². The fourth-order valence-corrected chi connectivity index (χ4v) is 5.66. The number of hydrogen-bond acceptors (Lipinski definition) is 4. The van der Waals surface area contributed by atoms with E-state index in [0.29, 0.717) is 18.9 Å². The van der Waals surface area contributed by atoms with E-state index in [9.17, 15) is 13.5 Å². The highest BCUT2D eigenvalue weighted by Gasteiger charge is 2.39. The molecule has 2 fully saturated rings. The lowest BCUT2D eigenvalue weighted by molar-refractivity contribution is 0.188. The van der Waals surface area contributed by atoms with Gasteiger partial charge in [-0.2, -0.15) is 4.31 Å². The predicted molar refractivity (Wildman–Crippen MR) is 80.0 cm³/mol. The van der Waals surface area contributed by atoms with Gasteiger partial charge in [0.1, 0.15) is 0 Å². The monoisotopic (exact) mass is 304 g/mol. The van der Waals surface area contributed by atoms with Gasteiger partial charge in [-0.15, -0.1) is 0 Å². The van der Waals surface area contributed by atoms with Crippen molar-refractivity contribution < 1.29 is 13.5 Å². The SMILES string of the molecule is CN(C)CC1CC(O)CN1S(=O)(=O)CC1CCCCC1. The van der Waals surface area contributed by atoms with Crippen LogP contribution in [0.15, 0.2) is 0 Å². The van der Waals surface area contributed by atoms with Gasteiger partial charge in [-0.05, 0) is 39.3 Å². The number of sulfonamides is 1. The van der Waals surface area contributed by atoms with Gasteiger partial charge in [0.2, 0.25) is 10.0 Å². The number of nitrogens with zero attached hydrogens (tertiary/aromatic N) is 2. The smallest absolute Gasteiger partial charge is 0.214 e. The van der Waals surface area contributed by atoms with E-state index in [1.807, 2.05) is 19.0 Å². The summed E-state index contributed by atoms with van der Waals surface area (Å²) in [6.07, 6.45) is 5.67. The van der Waals surface area contributed by atoms with Crippen molar-refractivity contribution >= 4 is 10.0 Å². The number of aliphatic hydroxyl groups is 1. The van der Waals surface area contributed by atoms with E-state index in [1.54, 1.807) is 4.31 Å². The van der Waals surface area contributed by atoms with Crippen molar-refractivity contribution in [3.05, 3.63) is 0 Å². The number of aliphatic hydroxyl groups excluding tert-OH is 1. The van der Waals surface area contributed by atoms with Crippen molar-refractivity contribution in [1.29, 1.82) is 0 Å². The highest BCUT2D eigenvalue weighted by molar-refractivity contribution is 7.89. The Morgan fingerprint density at radius 3 is 2.45 bits per heavy atom. The lowest BCUT2D eigenvalue weighted by atomic mass is 9.91. The molecule has 1 heterocycles. The summed E-state index contributed by atoms with van der Waals surface area (Å²) in [6, 6.07) is -0.0754. The summed E-state index contributed by atoms with van der Waals surface area (Å²) < 4.78 is 26.8. The van der Waals surface area contributed by atoms with Crippen LogP contribution in [0, 0.1) is 5.92 Å². The highest BCUT2D eigenvalue weighted by Crippen LogP contribution is 2.29. The third-order valence-corrected chi connectivity index (χ3v) is 6.50. The van der Waals surface area contributed by atoms with Crippen molar-refractivity contribution in [3.8, 4) is 0 Å². The van der Waals surface area contributed by atoms with E-state index in [1.165, 1.54) is 6.42 Å². The molecular formula is C14H28N2O3S. The minimum atomic E-state index is -3.24. The van der Waals surface area contributed by atoms with Gasteiger partial charge in [0.15, 0.2) is 0 Å². The largest absolute Gasteiger partial charge is 0.392 e. The molecule has 0 radical (unpaired) electrons. The Balaban J connectivity index is 2.02. The molecule has 1 saturated carbocycles. The molecule has 0 spiro atoms. The summed E-state index contributed by atoms with van der Waals surface area (Å²) in [5.41, 5.74) is 0. The third kappa shape index (κ3) is 4.16. The lowest BCUT2D eigenvalue weighted by Crippen LogP contribution is -2.43. The van der Waals surface area contributed by atoms with Crippen LogP contribution in [-0.2, 0) is 10.0 Å². The summed E-state index contributed by atoms with van der Waals surface area (Å²) in [5.74, 6) is 0.579. The van der Waals surface area contributed by atoms with Crippen molar-refractivity contribution in [2.75, 3.05) is 32.9 Å². The van der Waals surface area contributed by atoms with Crippen LogP contribution in [0.4, 0.5) is 0 Å². The summed E-state index contributed by atoms with van der Waals surface area (Å²) in [4.78, 5) is 1.99. The topological polar surface area (TPSA) is 60.9 Å². The van der Waals surface area contributed by atoms with E-state index < -0.39 is 16.1 Å². The second-order valence-corrected chi connectivity index (χ2v) is 8.62. The maximum absolute atomic E-state index is 12.6. The first-order chi connectivity index (χ1) is 9.38. The first kappa shape index (κ1) is 16.2. The second kappa shape index (κ2) is 6.73. The van der Waals surface area contributed by atoms with Crippen LogP contribution in [0.5, 0.6) is 0 Å². The normalized spacial score (nSPS) is 30.2. The quantitative estimate of drug-likeness (QED) is 0.819. The standard InChI is InChI=1S/C14H28N2O3S/c1-15(2)9-13-8-14(17)10-16(13)20(18,19)11-12-6-4-3-5-7-12/h12-14,17H,3-11H2,1-2H3. The van der Waals surface area contributed by atoms with Crippen LogP contribution in [0.1, 0.15) is 38.5 Å². The molecule has 0 bridgehead atoms. The minimum absolute atomic E-state index is 0.0754. The Morgan fingerprint density at radius 1 is 1.20 bits per heavy atom. The van der Waals surface area contributed by atoms with Crippen molar-refractivity contribution in [1.82, 2.24) is 9.21 Å². The van der Waals surface area contributed by atoms with E-state index >= 15 is 0 Å². The Hall–Kier alpha value is -0.170. The van der Waals surface area contributed by atoms with Gasteiger partial charge in [0, 0.05) is 19.1 Å². The van der Waals surface area contributed by atoms with Crippen LogP contribution in [-0.4, -0.2) is 67.8 Å². The summed E-state index contributed by atoms with van der Waals surface area (Å²) in [5, 5.41) is 9.83. The molecule has 1 aliphatic heterocycles. The number of rotatable bonds is 5. The maximum atomic E-state index is 12.6. The fraction of sp³-hybridized carbons (Fsp3) is 1.00. The Morgan fingerprint density at radius 2 is 1.85 bits per heavy atom. The van der Waals surface area contributed by atoms with Gasteiger partial charge in [0.25, 0.3) is 0 Å². The second-order valence-electron chi connectivity index (χ2n) is 6.66. The van der Waals surface area contributed by atoms with Crippen LogP contribution in [0.25, 0.3) is 0 Å². The van der Waals surface area contributed by atoms with Gasteiger partial charge in [-0.1, -0.05) is 19.3 Å². The lowest BCUT2D eigenvalue weighted by Gasteiger charge is -2.29. The molecule has 2 atom stereocenters. The van der Waals surface area contributed by atoms with Crippen LogP contribution >= 0.6 is 0 Å². The number of β-amino-alcohol motifs (C(OH)–C–C–N with tert-alkyl or cyclic N) is 1. The Bertz CT molecular complexity index is 405. The molecule has 5 nitrogen and oxygen atoms in total. The molecule has 0 aromatic heterocycles. The summed E-state index contributed by atoms with van der Waals surface area (Å²) in [7, 11) is 0.642. The third-order valence-electron chi connectivity index (χ3n) is 4.45. The maximum Gasteiger partial charge on any atom is 0.214 e. The zero-order valence-electron chi connectivity index (χ0n) is 12.7. The minimum Gasteiger partial charge on any atom is -0.392 e. The Kier molecular flexibility index (Phi) is 5.45. The van der Waals surface area contributed by atoms with Crippen LogP contribution < -0.4 is 0 Å². The van der Waals surface area contributed by atoms with Crippen LogP contribution in [0.3, 0.4) is 0 Å². The summed E-state index contributed by atoms with van der Waals surface area (Å²) >= 11 is 0. The fourth-order valence-electron chi connectivity index (χ4n) is 3.54. The average molecular weight is 304 g/mol. The molecule has 0 aromatic rings. The molecule has 2 unspecified atom stereocenters. The van der Waals surface area contributed by atoms with Crippen molar-refractivity contribution in [3.63, 3.8) is 0 Å². The van der Waals surface area contributed by atoms with Gasteiger partial charge < -0.3 is 10.0 Å². The van der Waals surface area contributed by atoms with Crippen LogP contribution in [0.2, 0.25) is 0 Å². The molecule has 1 aliphatic carbocycles.